The Labute approximate surface area is 106 Å². The van der Waals surface area contributed by atoms with E-state index in [1.807, 2.05) is 6.07 Å². The van der Waals surface area contributed by atoms with E-state index < -0.39 is 6.10 Å². The maximum absolute atomic E-state index is 9.80. The summed E-state index contributed by atoms with van der Waals surface area (Å²) in [5.41, 5.74) is 0.506. The molecule has 0 heterocycles. The average molecular weight is 252 g/mol. The molecule has 1 fully saturated rings. The Morgan fingerprint density at radius 1 is 1.35 bits per heavy atom. The van der Waals surface area contributed by atoms with Gasteiger partial charge in [-0.25, -0.2) is 0 Å². The molecule has 0 unspecified atom stereocenters. The molecule has 17 heavy (non-hydrogen) atoms. The molecule has 1 aliphatic rings. The lowest BCUT2D eigenvalue weighted by Gasteiger charge is -2.28. The molecule has 0 saturated heterocycles. The summed E-state index contributed by atoms with van der Waals surface area (Å²) in [5, 5.41) is 18.9. The zero-order valence-corrected chi connectivity index (χ0v) is 10.2. The van der Waals surface area contributed by atoms with Crippen molar-refractivity contribution in [3.05, 3.63) is 28.8 Å². The van der Waals surface area contributed by atoms with Crippen molar-refractivity contribution >= 4 is 11.6 Å². The molecule has 0 bridgehead atoms. The highest BCUT2D eigenvalue weighted by atomic mass is 35.5. The van der Waals surface area contributed by atoms with Crippen LogP contribution in [-0.2, 0) is 0 Å². The number of rotatable bonds is 2. The minimum Gasteiger partial charge on any atom is -0.486 e. The molecular formula is C13H14ClNO2. The van der Waals surface area contributed by atoms with Crippen molar-refractivity contribution in [3.63, 3.8) is 0 Å². The normalized spacial score (nSPS) is 24.1. The Hall–Kier alpha value is -1.24. The quantitative estimate of drug-likeness (QED) is 0.879. The maximum Gasteiger partial charge on any atom is 0.138 e. The first-order chi connectivity index (χ1) is 8.20. The van der Waals surface area contributed by atoms with Crippen LogP contribution in [0.15, 0.2) is 18.2 Å². The highest BCUT2D eigenvalue weighted by Gasteiger charge is 2.25. The highest BCUT2D eigenvalue weighted by molar-refractivity contribution is 6.32. The van der Waals surface area contributed by atoms with E-state index >= 15 is 0 Å². The van der Waals surface area contributed by atoms with Crippen LogP contribution in [0.25, 0.3) is 0 Å². The Kier molecular flexibility index (Phi) is 3.88. The third kappa shape index (κ3) is 2.91. The molecule has 0 aromatic heterocycles. The van der Waals surface area contributed by atoms with Crippen LogP contribution in [0.5, 0.6) is 5.75 Å². The third-order valence-corrected chi connectivity index (χ3v) is 3.30. The van der Waals surface area contributed by atoms with Gasteiger partial charge in [-0.15, -0.1) is 0 Å². The molecule has 1 aromatic carbocycles. The zero-order valence-electron chi connectivity index (χ0n) is 9.40. The zero-order chi connectivity index (χ0) is 12.3. The molecule has 0 amide bonds. The second kappa shape index (κ2) is 5.39. The molecule has 4 heteroatoms. The first kappa shape index (κ1) is 12.2. The Morgan fingerprint density at radius 3 is 2.76 bits per heavy atom. The summed E-state index contributed by atoms with van der Waals surface area (Å²) < 4.78 is 5.71. The van der Waals surface area contributed by atoms with Crippen molar-refractivity contribution in [3.8, 4) is 11.8 Å². The molecule has 2 atom stereocenters. The Balaban J connectivity index is 2.10. The van der Waals surface area contributed by atoms with Gasteiger partial charge in [0.25, 0.3) is 0 Å². The van der Waals surface area contributed by atoms with Crippen molar-refractivity contribution in [2.45, 2.75) is 37.9 Å². The van der Waals surface area contributed by atoms with Gasteiger partial charge in [-0.1, -0.05) is 18.0 Å². The number of hydrogen-bond donors (Lipinski definition) is 1. The first-order valence-corrected chi connectivity index (χ1v) is 6.13. The monoisotopic (exact) mass is 251 g/mol. The van der Waals surface area contributed by atoms with Gasteiger partial charge < -0.3 is 9.84 Å². The van der Waals surface area contributed by atoms with Crippen LogP contribution in [0, 0.1) is 11.3 Å². The lowest BCUT2D eigenvalue weighted by molar-refractivity contribution is 0.00693. The lowest BCUT2D eigenvalue weighted by atomic mass is 9.95. The average Bonchev–Trinajstić information content (AvgIpc) is 2.34. The number of nitriles is 1. The van der Waals surface area contributed by atoms with Crippen LogP contribution in [0.3, 0.4) is 0 Å². The Morgan fingerprint density at radius 2 is 2.12 bits per heavy atom. The second-order valence-corrected chi connectivity index (χ2v) is 4.67. The maximum atomic E-state index is 9.80. The molecule has 2 rings (SSSR count). The van der Waals surface area contributed by atoms with E-state index in [0.29, 0.717) is 16.3 Å². The standard InChI is InChI=1S/C13H14ClNO2/c14-10-7-9(8-15)5-6-12(10)17-13-4-2-1-3-11(13)16/h5-7,11,13,16H,1-4H2/t11-,13-/m1/s1. The molecule has 0 spiro atoms. The van der Waals surface area contributed by atoms with Gasteiger partial charge in [0.05, 0.1) is 22.8 Å². The van der Waals surface area contributed by atoms with Gasteiger partial charge in [0.1, 0.15) is 11.9 Å². The van der Waals surface area contributed by atoms with E-state index in [4.69, 9.17) is 21.6 Å². The highest BCUT2D eigenvalue weighted by Crippen LogP contribution is 2.29. The van der Waals surface area contributed by atoms with Crippen molar-refractivity contribution in [2.24, 2.45) is 0 Å². The number of nitrogens with zero attached hydrogens (tertiary/aromatic N) is 1. The predicted octanol–water partition coefficient (Wildman–Crippen LogP) is 2.89. The largest absolute Gasteiger partial charge is 0.486 e. The van der Waals surface area contributed by atoms with Crippen LogP contribution in [0.2, 0.25) is 5.02 Å². The van der Waals surface area contributed by atoms with Gasteiger partial charge in [-0.05, 0) is 37.5 Å². The number of hydrogen-bond acceptors (Lipinski definition) is 3. The number of aliphatic hydroxyl groups is 1. The second-order valence-electron chi connectivity index (χ2n) is 4.27. The summed E-state index contributed by atoms with van der Waals surface area (Å²) in [5.74, 6) is 0.539. The lowest BCUT2D eigenvalue weighted by Crippen LogP contribution is -2.34. The van der Waals surface area contributed by atoms with E-state index in [1.165, 1.54) is 0 Å². The topological polar surface area (TPSA) is 53.2 Å². The van der Waals surface area contributed by atoms with Gasteiger partial charge in [0.15, 0.2) is 0 Å². The van der Waals surface area contributed by atoms with E-state index in [-0.39, 0.29) is 6.10 Å². The summed E-state index contributed by atoms with van der Waals surface area (Å²) in [6.45, 7) is 0. The number of benzene rings is 1. The summed E-state index contributed by atoms with van der Waals surface area (Å²) in [7, 11) is 0. The van der Waals surface area contributed by atoms with Crippen molar-refractivity contribution in [1.29, 1.82) is 5.26 Å². The van der Waals surface area contributed by atoms with Crippen LogP contribution in [0.1, 0.15) is 31.2 Å². The fraction of sp³-hybridized carbons (Fsp3) is 0.462. The molecule has 0 aliphatic heterocycles. The number of aliphatic hydroxyl groups excluding tert-OH is 1. The van der Waals surface area contributed by atoms with Crippen molar-refractivity contribution in [1.82, 2.24) is 0 Å². The third-order valence-electron chi connectivity index (χ3n) is 3.01. The molecule has 0 radical (unpaired) electrons. The predicted molar refractivity (Wildman–Crippen MR) is 65.1 cm³/mol. The fourth-order valence-electron chi connectivity index (χ4n) is 2.04. The van der Waals surface area contributed by atoms with Crippen LogP contribution in [0.4, 0.5) is 0 Å². The minimum atomic E-state index is -0.421. The van der Waals surface area contributed by atoms with Gasteiger partial charge >= 0.3 is 0 Å². The van der Waals surface area contributed by atoms with Gasteiger partial charge in [-0.2, -0.15) is 5.26 Å². The summed E-state index contributed by atoms with van der Waals surface area (Å²) in [6, 6.07) is 6.94. The SMILES string of the molecule is N#Cc1ccc(O[C@@H]2CCCC[C@H]2O)c(Cl)c1. The van der Waals surface area contributed by atoms with Crippen molar-refractivity contribution in [2.75, 3.05) is 0 Å². The summed E-state index contributed by atoms with van der Waals surface area (Å²) in [6.07, 6.45) is 3.12. The Bertz CT molecular complexity index is 442. The smallest absolute Gasteiger partial charge is 0.138 e. The van der Waals surface area contributed by atoms with Crippen molar-refractivity contribution < 1.29 is 9.84 Å². The number of halogens is 1. The summed E-state index contributed by atoms with van der Waals surface area (Å²) >= 11 is 6.02. The van der Waals surface area contributed by atoms with E-state index in [0.717, 1.165) is 25.7 Å². The summed E-state index contributed by atoms with van der Waals surface area (Å²) in [4.78, 5) is 0. The molecular weight excluding hydrogens is 238 g/mol. The molecule has 1 aromatic rings. The van der Waals surface area contributed by atoms with Crippen LogP contribution < -0.4 is 4.74 Å². The van der Waals surface area contributed by atoms with Gasteiger partial charge in [-0.3, -0.25) is 0 Å². The van der Waals surface area contributed by atoms with Crippen LogP contribution >= 0.6 is 11.6 Å². The van der Waals surface area contributed by atoms with Gasteiger partial charge in [0, 0.05) is 0 Å². The van der Waals surface area contributed by atoms with Gasteiger partial charge in [0.2, 0.25) is 0 Å². The van der Waals surface area contributed by atoms with E-state index in [2.05, 4.69) is 0 Å². The molecule has 90 valence electrons. The fourth-order valence-corrected chi connectivity index (χ4v) is 2.27. The molecule has 1 N–H and O–H groups in total. The first-order valence-electron chi connectivity index (χ1n) is 5.75. The van der Waals surface area contributed by atoms with E-state index in [1.54, 1.807) is 18.2 Å². The minimum absolute atomic E-state index is 0.186. The number of ether oxygens (including phenoxy) is 1. The molecule has 3 nitrogen and oxygen atoms in total. The van der Waals surface area contributed by atoms with E-state index in [9.17, 15) is 5.11 Å². The molecule has 1 saturated carbocycles. The molecule has 1 aliphatic carbocycles. The van der Waals surface area contributed by atoms with Crippen LogP contribution in [-0.4, -0.2) is 17.3 Å².